The number of ether oxygens (including phenoxy) is 1. The van der Waals surface area contributed by atoms with E-state index in [1.807, 2.05) is 31.2 Å². The highest BCUT2D eigenvalue weighted by atomic mass is 16.5. The average Bonchev–Trinajstić information content (AvgIpc) is 2.58. The molecule has 0 saturated carbocycles. The smallest absolute Gasteiger partial charge is 0.170 e. The zero-order chi connectivity index (χ0) is 15.8. The summed E-state index contributed by atoms with van der Waals surface area (Å²) in [5.41, 5.74) is 9.76. The van der Waals surface area contributed by atoms with Crippen LogP contribution in [0, 0.1) is 0 Å². The quantitative estimate of drug-likeness (QED) is 0.270. The molecular formula is C18H22N2O2. The Morgan fingerprint density at radius 3 is 2.55 bits per heavy atom. The molecule has 0 aromatic heterocycles. The maximum absolute atomic E-state index is 8.90. The second-order valence-corrected chi connectivity index (χ2v) is 5.03. The van der Waals surface area contributed by atoms with Gasteiger partial charge in [0.25, 0.3) is 0 Å². The number of benzene rings is 2. The van der Waals surface area contributed by atoms with Gasteiger partial charge in [-0.1, -0.05) is 53.7 Å². The molecule has 0 bridgehead atoms. The Morgan fingerprint density at radius 2 is 1.86 bits per heavy atom. The molecule has 2 aromatic rings. The van der Waals surface area contributed by atoms with Gasteiger partial charge in [0.15, 0.2) is 5.84 Å². The predicted molar refractivity (Wildman–Crippen MR) is 89.2 cm³/mol. The second-order valence-electron chi connectivity index (χ2n) is 5.03. The highest BCUT2D eigenvalue weighted by Crippen LogP contribution is 2.24. The highest BCUT2D eigenvalue weighted by Gasteiger charge is 2.08. The molecule has 22 heavy (non-hydrogen) atoms. The van der Waals surface area contributed by atoms with Gasteiger partial charge < -0.3 is 15.7 Å². The summed E-state index contributed by atoms with van der Waals surface area (Å²) in [5.74, 6) is 0.122. The van der Waals surface area contributed by atoms with E-state index in [2.05, 4.69) is 29.4 Å². The molecule has 2 aromatic carbocycles. The van der Waals surface area contributed by atoms with Crippen LogP contribution in [-0.4, -0.2) is 24.3 Å². The van der Waals surface area contributed by atoms with E-state index < -0.39 is 0 Å². The van der Waals surface area contributed by atoms with Crippen molar-refractivity contribution in [2.24, 2.45) is 10.9 Å². The van der Waals surface area contributed by atoms with E-state index in [0.29, 0.717) is 0 Å². The zero-order valence-electron chi connectivity index (χ0n) is 12.8. The largest absolute Gasteiger partial charge is 0.409 e. The average molecular weight is 298 g/mol. The van der Waals surface area contributed by atoms with Crippen LogP contribution in [-0.2, 0) is 11.2 Å². The third-order valence-electron chi connectivity index (χ3n) is 3.53. The first-order valence-corrected chi connectivity index (χ1v) is 7.50. The Balaban J connectivity index is 2.14. The molecule has 0 spiro atoms. The second kappa shape index (κ2) is 8.20. The Labute approximate surface area is 131 Å². The third-order valence-corrected chi connectivity index (χ3v) is 3.53. The first-order chi connectivity index (χ1) is 10.8. The fraction of sp³-hybridized carbons (Fsp3) is 0.278. The van der Waals surface area contributed by atoms with Gasteiger partial charge in [-0.15, -0.1) is 0 Å². The topological polar surface area (TPSA) is 67.8 Å². The van der Waals surface area contributed by atoms with Gasteiger partial charge in [0.05, 0.1) is 0 Å². The van der Waals surface area contributed by atoms with Gasteiger partial charge in [-0.3, -0.25) is 0 Å². The minimum Gasteiger partial charge on any atom is -0.409 e. The highest BCUT2D eigenvalue weighted by molar-refractivity contribution is 6.03. The van der Waals surface area contributed by atoms with Crippen molar-refractivity contribution in [1.29, 1.82) is 0 Å². The van der Waals surface area contributed by atoms with Gasteiger partial charge in [-0.05, 0) is 36.5 Å². The molecule has 3 N–H and O–H groups in total. The van der Waals surface area contributed by atoms with E-state index in [0.717, 1.165) is 42.7 Å². The van der Waals surface area contributed by atoms with Crippen molar-refractivity contribution in [3.05, 3.63) is 59.7 Å². The Hall–Kier alpha value is -2.33. The number of rotatable bonds is 7. The summed E-state index contributed by atoms with van der Waals surface area (Å²) in [5, 5.41) is 12.0. The number of aryl methyl sites for hydroxylation is 1. The van der Waals surface area contributed by atoms with Crippen molar-refractivity contribution in [2.75, 3.05) is 13.2 Å². The Morgan fingerprint density at radius 1 is 1.14 bits per heavy atom. The number of oxime groups is 1. The summed E-state index contributed by atoms with van der Waals surface area (Å²) in [7, 11) is 0. The minimum absolute atomic E-state index is 0.122. The number of hydrogen-bond acceptors (Lipinski definition) is 3. The summed E-state index contributed by atoms with van der Waals surface area (Å²) in [4.78, 5) is 0. The lowest BCUT2D eigenvalue weighted by atomic mass is 9.97. The van der Waals surface area contributed by atoms with Crippen LogP contribution in [0.1, 0.15) is 24.5 Å². The molecule has 0 aliphatic rings. The minimum atomic E-state index is 0.122. The van der Waals surface area contributed by atoms with Crippen LogP contribution in [0.3, 0.4) is 0 Å². The molecule has 0 amide bonds. The molecule has 0 aliphatic heterocycles. The molecule has 0 saturated heterocycles. The van der Waals surface area contributed by atoms with E-state index in [1.165, 1.54) is 5.56 Å². The van der Waals surface area contributed by atoms with Crippen molar-refractivity contribution in [1.82, 2.24) is 0 Å². The van der Waals surface area contributed by atoms with Gasteiger partial charge in [0.1, 0.15) is 0 Å². The van der Waals surface area contributed by atoms with Crippen molar-refractivity contribution in [2.45, 2.75) is 19.8 Å². The summed E-state index contributed by atoms with van der Waals surface area (Å²) >= 11 is 0. The Kier molecular flexibility index (Phi) is 5.98. The van der Waals surface area contributed by atoms with E-state index >= 15 is 0 Å². The summed E-state index contributed by atoms with van der Waals surface area (Å²) in [6.45, 7) is 3.57. The molecule has 116 valence electrons. The van der Waals surface area contributed by atoms with E-state index in [-0.39, 0.29) is 5.84 Å². The molecule has 0 aliphatic carbocycles. The SMILES string of the molecule is CCOCCCc1ccc(-c2ccccc2C(N)=NO)cc1. The number of nitrogens with two attached hydrogens (primary N) is 1. The molecule has 0 atom stereocenters. The third kappa shape index (κ3) is 4.09. The van der Waals surface area contributed by atoms with Crippen molar-refractivity contribution < 1.29 is 9.94 Å². The molecular weight excluding hydrogens is 276 g/mol. The fourth-order valence-electron chi connectivity index (χ4n) is 2.39. The summed E-state index contributed by atoms with van der Waals surface area (Å²) in [6, 6.07) is 16.0. The van der Waals surface area contributed by atoms with Crippen LogP contribution in [0.4, 0.5) is 0 Å². The van der Waals surface area contributed by atoms with Crippen molar-refractivity contribution in [3.63, 3.8) is 0 Å². The Bertz CT molecular complexity index is 621. The van der Waals surface area contributed by atoms with Crippen LogP contribution in [0.2, 0.25) is 0 Å². The van der Waals surface area contributed by atoms with Gasteiger partial charge >= 0.3 is 0 Å². The summed E-state index contributed by atoms with van der Waals surface area (Å²) in [6.07, 6.45) is 2.02. The maximum atomic E-state index is 8.90. The zero-order valence-corrected chi connectivity index (χ0v) is 12.8. The lowest BCUT2D eigenvalue weighted by Crippen LogP contribution is -2.14. The van der Waals surface area contributed by atoms with Crippen LogP contribution >= 0.6 is 0 Å². The monoisotopic (exact) mass is 298 g/mol. The van der Waals surface area contributed by atoms with E-state index in [1.54, 1.807) is 0 Å². The molecule has 4 nitrogen and oxygen atoms in total. The van der Waals surface area contributed by atoms with Gasteiger partial charge in [0, 0.05) is 18.8 Å². The van der Waals surface area contributed by atoms with Gasteiger partial charge in [-0.2, -0.15) is 0 Å². The van der Waals surface area contributed by atoms with Crippen LogP contribution < -0.4 is 5.73 Å². The normalized spacial score (nSPS) is 11.6. The molecule has 0 unspecified atom stereocenters. The molecule has 0 radical (unpaired) electrons. The first kappa shape index (κ1) is 16.0. The van der Waals surface area contributed by atoms with E-state index in [4.69, 9.17) is 15.7 Å². The number of nitrogens with zero attached hydrogens (tertiary/aromatic N) is 1. The van der Waals surface area contributed by atoms with Crippen molar-refractivity contribution >= 4 is 5.84 Å². The van der Waals surface area contributed by atoms with Gasteiger partial charge in [0.2, 0.25) is 0 Å². The molecule has 4 heteroatoms. The fourth-order valence-corrected chi connectivity index (χ4v) is 2.39. The van der Waals surface area contributed by atoms with Crippen LogP contribution in [0.15, 0.2) is 53.7 Å². The standard InChI is InChI=1S/C18H22N2O2/c1-2-22-13-5-6-14-9-11-15(12-10-14)16-7-3-4-8-17(16)18(19)20-21/h3-4,7-12,21H,2,5-6,13H2,1H3,(H2,19,20). The van der Waals surface area contributed by atoms with Gasteiger partial charge in [-0.25, -0.2) is 0 Å². The number of hydrogen-bond donors (Lipinski definition) is 2. The predicted octanol–water partition coefficient (Wildman–Crippen LogP) is 3.42. The van der Waals surface area contributed by atoms with Crippen molar-refractivity contribution in [3.8, 4) is 11.1 Å². The lowest BCUT2D eigenvalue weighted by molar-refractivity contribution is 0.145. The lowest BCUT2D eigenvalue weighted by Gasteiger charge is -2.09. The van der Waals surface area contributed by atoms with E-state index in [9.17, 15) is 0 Å². The molecule has 2 rings (SSSR count). The summed E-state index contributed by atoms with van der Waals surface area (Å²) < 4.78 is 5.35. The number of amidine groups is 1. The molecule has 0 fully saturated rings. The van der Waals surface area contributed by atoms with Crippen LogP contribution in [0.5, 0.6) is 0 Å². The molecule has 0 heterocycles. The van der Waals surface area contributed by atoms with Crippen LogP contribution in [0.25, 0.3) is 11.1 Å². The maximum Gasteiger partial charge on any atom is 0.170 e. The first-order valence-electron chi connectivity index (χ1n) is 7.50.